The van der Waals surface area contributed by atoms with Crippen molar-refractivity contribution in [3.8, 4) is 0 Å². The Morgan fingerprint density at radius 1 is 1.15 bits per heavy atom. The van der Waals surface area contributed by atoms with E-state index in [0.717, 1.165) is 28.6 Å². The third-order valence-electron chi connectivity index (χ3n) is 4.15. The molecule has 4 rings (SSSR count). The summed E-state index contributed by atoms with van der Waals surface area (Å²) in [6.07, 6.45) is 0. The molecular weight excluding hydrogens is 368 g/mol. The van der Waals surface area contributed by atoms with Crippen LogP contribution in [0.1, 0.15) is 23.6 Å². The fraction of sp³-hybridized carbons (Fsp3) is 0.222. The second-order valence-corrected chi connectivity index (χ2v) is 7.76. The molecule has 4 aromatic rings. The van der Waals surface area contributed by atoms with Crippen LogP contribution in [0, 0.1) is 0 Å². The number of tetrazole rings is 1. The van der Waals surface area contributed by atoms with Crippen LogP contribution in [-0.4, -0.2) is 29.8 Å². The van der Waals surface area contributed by atoms with E-state index >= 15 is 0 Å². The van der Waals surface area contributed by atoms with Crippen molar-refractivity contribution in [2.45, 2.75) is 23.9 Å². The van der Waals surface area contributed by atoms with Crippen LogP contribution >= 0.6 is 23.4 Å². The van der Waals surface area contributed by atoms with Crippen molar-refractivity contribution in [2.24, 2.45) is 7.05 Å². The first-order valence-electron chi connectivity index (χ1n) is 8.20. The number of nitrogens with zero attached hydrogens (tertiary/aromatic N) is 6. The summed E-state index contributed by atoms with van der Waals surface area (Å²) >= 11 is 7.76. The summed E-state index contributed by atoms with van der Waals surface area (Å²) < 4.78 is 3.91. The first-order valence-corrected chi connectivity index (χ1v) is 9.46. The van der Waals surface area contributed by atoms with Crippen LogP contribution in [-0.2, 0) is 13.6 Å². The smallest absolute Gasteiger partial charge is 0.209 e. The van der Waals surface area contributed by atoms with Crippen LogP contribution < -0.4 is 0 Å². The molecule has 8 heteroatoms. The number of rotatable bonds is 5. The molecule has 2 heterocycles. The van der Waals surface area contributed by atoms with Gasteiger partial charge in [-0.3, -0.25) is 0 Å². The standard InChI is InChI=1S/C18H17ClN6S/c1-12(26-18-21-22-23-24(18)2)17-20-15-10-14(19)8-9-16(15)25(17)11-13-6-4-3-5-7-13/h3-10,12H,11H2,1-2H3/t12-/m0/s1. The Hall–Kier alpha value is -2.38. The van der Waals surface area contributed by atoms with Crippen LogP contribution in [0.15, 0.2) is 53.7 Å². The fourth-order valence-corrected chi connectivity index (χ4v) is 3.94. The van der Waals surface area contributed by atoms with Gasteiger partial charge in [0.1, 0.15) is 5.82 Å². The van der Waals surface area contributed by atoms with Crippen molar-refractivity contribution >= 4 is 34.4 Å². The SMILES string of the molecule is C[C@H](Sc1nnnn1C)c1nc2cc(Cl)ccc2n1Cc1ccccc1. The van der Waals surface area contributed by atoms with Crippen LogP contribution in [0.5, 0.6) is 0 Å². The third kappa shape index (κ3) is 3.32. The van der Waals surface area contributed by atoms with Gasteiger partial charge in [-0.1, -0.05) is 53.7 Å². The first-order chi connectivity index (χ1) is 12.6. The molecule has 26 heavy (non-hydrogen) atoms. The average molecular weight is 385 g/mol. The normalized spacial score (nSPS) is 12.6. The summed E-state index contributed by atoms with van der Waals surface area (Å²) in [6.45, 7) is 2.86. The number of fused-ring (bicyclic) bond motifs is 1. The minimum absolute atomic E-state index is 0.0783. The average Bonchev–Trinajstić information content (AvgIpc) is 3.19. The highest BCUT2D eigenvalue weighted by Crippen LogP contribution is 2.35. The predicted octanol–water partition coefficient (Wildman–Crippen LogP) is 4.11. The molecule has 2 aromatic carbocycles. The second-order valence-electron chi connectivity index (χ2n) is 6.02. The van der Waals surface area contributed by atoms with E-state index < -0.39 is 0 Å². The van der Waals surface area contributed by atoms with E-state index in [2.05, 4.69) is 51.3 Å². The second kappa shape index (κ2) is 7.09. The highest BCUT2D eigenvalue weighted by Gasteiger charge is 2.20. The number of hydrogen-bond acceptors (Lipinski definition) is 5. The molecule has 0 aliphatic carbocycles. The highest BCUT2D eigenvalue weighted by molar-refractivity contribution is 7.99. The van der Waals surface area contributed by atoms with Crippen LogP contribution in [0.2, 0.25) is 5.02 Å². The summed E-state index contributed by atoms with van der Waals surface area (Å²) in [5.74, 6) is 0.971. The van der Waals surface area contributed by atoms with Gasteiger partial charge < -0.3 is 4.57 Å². The molecule has 0 aliphatic rings. The van der Waals surface area contributed by atoms with E-state index in [4.69, 9.17) is 16.6 Å². The van der Waals surface area contributed by atoms with Gasteiger partial charge in [-0.2, -0.15) is 0 Å². The zero-order chi connectivity index (χ0) is 18.1. The summed E-state index contributed by atoms with van der Waals surface area (Å²) in [7, 11) is 1.84. The molecule has 0 amide bonds. The topological polar surface area (TPSA) is 61.4 Å². The highest BCUT2D eigenvalue weighted by atomic mass is 35.5. The van der Waals surface area contributed by atoms with Crippen molar-refractivity contribution in [1.29, 1.82) is 0 Å². The van der Waals surface area contributed by atoms with Crippen LogP contribution in [0.25, 0.3) is 11.0 Å². The first kappa shape index (κ1) is 17.1. The van der Waals surface area contributed by atoms with E-state index in [9.17, 15) is 0 Å². The Morgan fingerprint density at radius 3 is 2.69 bits per heavy atom. The molecule has 0 saturated carbocycles. The molecule has 0 spiro atoms. The maximum absolute atomic E-state index is 6.17. The number of aromatic nitrogens is 6. The summed E-state index contributed by atoms with van der Waals surface area (Å²) in [6, 6.07) is 16.2. The number of aryl methyl sites for hydroxylation is 1. The number of thioether (sulfide) groups is 1. The van der Waals surface area contributed by atoms with Gasteiger partial charge in [0.2, 0.25) is 5.16 Å². The van der Waals surface area contributed by atoms with Crippen molar-refractivity contribution < 1.29 is 0 Å². The molecule has 0 radical (unpaired) electrons. The molecule has 2 aromatic heterocycles. The van der Waals surface area contributed by atoms with Gasteiger partial charge in [0, 0.05) is 18.6 Å². The van der Waals surface area contributed by atoms with E-state index in [1.807, 2.05) is 31.3 Å². The monoisotopic (exact) mass is 384 g/mol. The Bertz CT molecular complexity index is 1040. The molecule has 0 saturated heterocycles. The summed E-state index contributed by atoms with van der Waals surface area (Å²) in [5.41, 5.74) is 3.18. The van der Waals surface area contributed by atoms with Gasteiger partial charge in [0.15, 0.2) is 0 Å². The molecule has 0 bridgehead atoms. The van der Waals surface area contributed by atoms with E-state index in [-0.39, 0.29) is 5.25 Å². The Balaban J connectivity index is 1.77. The molecule has 0 fully saturated rings. The number of imidazole rings is 1. The Kier molecular flexibility index (Phi) is 4.65. The number of benzene rings is 2. The van der Waals surface area contributed by atoms with Crippen molar-refractivity contribution in [3.63, 3.8) is 0 Å². The lowest BCUT2D eigenvalue weighted by Gasteiger charge is -2.14. The molecule has 0 aliphatic heterocycles. The molecule has 6 nitrogen and oxygen atoms in total. The lowest BCUT2D eigenvalue weighted by Crippen LogP contribution is -2.07. The zero-order valence-corrected chi connectivity index (χ0v) is 15.9. The molecule has 132 valence electrons. The molecule has 0 N–H and O–H groups in total. The predicted molar refractivity (Wildman–Crippen MR) is 103 cm³/mol. The quantitative estimate of drug-likeness (QED) is 0.484. The third-order valence-corrected chi connectivity index (χ3v) is 5.51. The van der Waals surface area contributed by atoms with Gasteiger partial charge >= 0.3 is 0 Å². The summed E-state index contributed by atoms with van der Waals surface area (Å²) in [4.78, 5) is 4.86. The minimum atomic E-state index is 0.0783. The van der Waals surface area contributed by atoms with Gasteiger partial charge in [-0.05, 0) is 41.1 Å². The van der Waals surface area contributed by atoms with Crippen molar-refractivity contribution in [1.82, 2.24) is 29.8 Å². The van der Waals surface area contributed by atoms with Crippen LogP contribution in [0.3, 0.4) is 0 Å². The minimum Gasteiger partial charge on any atom is -0.323 e. The van der Waals surface area contributed by atoms with Crippen LogP contribution in [0.4, 0.5) is 0 Å². The van der Waals surface area contributed by atoms with E-state index in [1.54, 1.807) is 16.4 Å². The molecule has 1 atom stereocenters. The molecule has 0 unspecified atom stereocenters. The maximum atomic E-state index is 6.17. The zero-order valence-electron chi connectivity index (χ0n) is 14.4. The number of hydrogen-bond donors (Lipinski definition) is 0. The lowest BCUT2D eigenvalue weighted by molar-refractivity contribution is 0.662. The van der Waals surface area contributed by atoms with Gasteiger partial charge in [-0.15, -0.1) is 5.10 Å². The molecular formula is C18H17ClN6S. The Labute approximate surface area is 160 Å². The van der Waals surface area contributed by atoms with Crippen molar-refractivity contribution in [3.05, 3.63) is 64.9 Å². The maximum Gasteiger partial charge on any atom is 0.209 e. The van der Waals surface area contributed by atoms with E-state index in [0.29, 0.717) is 5.02 Å². The summed E-state index contributed by atoms with van der Waals surface area (Å²) in [5, 5.41) is 13.2. The van der Waals surface area contributed by atoms with E-state index in [1.165, 1.54) is 5.56 Å². The fourth-order valence-electron chi connectivity index (χ4n) is 2.90. The largest absolute Gasteiger partial charge is 0.323 e. The van der Waals surface area contributed by atoms with Gasteiger partial charge in [0.05, 0.1) is 16.3 Å². The van der Waals surface area contributed by atoms with Gasteiger partial charge in [-0.25, -0.2) is 9.67 Å². The van der Waals surface area contributed by atoms with Gasteiger partial charge in [0.25, 0.3) is 0 Å². The number of halogens is 1. The Morgan fingerprint density at radius 2 is 1.96 bits per heavy atom. The lowest BCUT2D eigenvalue weighted by atomic mass is 10.2. The van der Waals surface area contributed by atoms with Crippen molar-refractivity contribution in [2.75, 3.05) is 0 Å².